The molecule has 1 aliphatic carbocycles. The lowest BCUT2D eigenvalue weighted by atomic mass is 10.0. The van der Waals surface area contributed by atoms with E-state index in [0.29, 0.717) is 23.3 Å². The van der Waals surface area contributed by atoms with E-state index in [4.69, 9.17) is 5.73 Å². The van der Waals surface area contributed by atoms with Crippen LogP contribution in [-0.4, -0.2) is 12.6 Å². The van der Waals surface area contributed by atoms with Gasteiger partial charge in [-0.1, -0.05) is 27.7 Å². The Morgan fingerprint density at radius 2 is 1.75 bits per heavy atom. The van der Waals surface area contributed by atoms with Gasteiger partial charge >= 0.3 is 6.03 Å². The molecular formula is C9H18N2O. The fourth-order valence-corrected chi connectivity index (χ4v) is 2.05. The summed E-state index contributed by atoms with van der Waals surface area (Å²) in [6.45, 7) is 9.59. The zero-order valence-corrected chi connectivity index (χ0v) is 8.27. The highest BCUT2D eigenvalue weighted by molar-refractivity contribution is 5.71. The Morgan fingerprint density at radius 1 is 1.33 bits per heavy atom. The second kappa shape index (κ2) is 2.38. The van der Waals surface area contributed by atoms with Gasteiger partial charge in [0.15, 0.2) is 0 Å². The normalized spacial score (nSPS) is 25.0. The molecular weight excluding hydrogens is 152 g/mol. The van der Waals surface area contributed by atoms with E-state index < -0.39 is 6.03 Å². The first-order valence-electron chi connectivity index (χ1n) is 4.33. The number of hydrogen-bond donors (Lipinski definition) is 2. The predicted molar refractivity (Wildman–Crippen MR) is 48.6 cm³/mol. The number of carbonyl (C=O) groups excluding carboxylic acids is 1. The van der Waals surface area contributed by atoms with Crippen molar-refractivity contribution in [1.29, 1.82) is 0 Å². The minimum Gasteiger partial charge on any atom is -0.352 e. The van der Waals surface area contributed by atoms with Crippen LogP contribution in [0.1, 0.15) is 27.7 Å². The number of amides is 2. The lowest BCUT2D eigenvalue weighted by Crippen LogP contribution is -2.32. The molecule has 3 heteroatoms. The predicted octanol–water partition coefficient (Wildman–Crippen LogP) is 1.34. The number of rotatable bonds is 2. The number of nitrogens with one attached hydrogen (secondary N) is 1. The van der Waals surface area contributed by atoms with Crippen molar-refractivity contribution in [2.75, 3.05) is 6.54 Å². The lowest BCUT2D eigenvalue weighted by molar-refractivity contribution is 0.248. The second-order valence-electron chi connectivity index (χ2n) is 4.74. The molecule has 3 N–H and O–H groups in total. The molecule has 1 aliphatic rings. The Balaban J connectivity index is 2.44. The molecule has 0 aliphatic heterocycles. The van der Waals surface area contributed by atoms with Gasteiger partial charge in [0, 0.05) is 6.54 Å². The lowest BCUT2D eigenvalue weighted by Gasteiger charge is -2.04. The molecule has 70 valence electrons. The molecule has 0 radical (unpaired) electrons. The van der Waals surface area contributed by atoms with E-state index >= 15 is 0 Å². The summed E-state index contributed by atoms with van der Waals surface area (Å²) >= 11 is 0. The van der Waals surface area contributed by atoms with Crippen LogP contribution in [0.4, 0.5) is 4.79 Å². The van der Waals surface area contributed by atoms with Crippen molar-refractivity contribution in [2.45, 2.75) is 27.7 Å². The Kier molecular flexibility index (Phi) is 1.85. The SMILES string of the molecule is CC1(C)C(CNC(N)=O)C1(C)C. The first kappa shape index (κ1) is 9.36. The first-order valence-corrected chi connectivity index (χ1v) is 4.33. The van der Waals surface area contributed by atoms with E-state index in [2.05, 4.69) is 33.0 Å². The molecule has 1 rings (SSSR count). The molecule has 0 aromatic rings. The van der Waals surface area contributed by atoms with Gasteiger partial charge in [-0.3, -0.25) is 0 Å². The number of primary amides is 1. The summed E-state index contributed by atoms with van der Waals surface area (Å²) in [4.78, 5) is 10.5. The summed E-state index contributed by atoms with van der Waals surface area (Å²) in [5, 5.41) is 2.66. The van der Waals surface area contributed by atoms with E-state index in [1.807, 2.05) is 0 Å². The summed E-state index contributed by atoms with van der Waals surface area (Å²) in [6, 6.07) is -0.423. The van der Waals surface area contributed by atoms with Crippen LogP contribution in [-0.2, 0) is 0 Å². The summed E-state index contributed by atoms with van der Waals surface area (Å²) in [6.07, 6.45) is 0. The summed E-state index contributed by atoms with van der Waals surface area (Å²) < 4.78 is 0. The van der Waals surface area contributed by atoms with Crippen molar-refractivity contribution >= 4 is 6.03 Å². The van der Waals surface area contributed by atoms with Gasteiger partial charge in [-0.15, -0.1) is 0 Å². The minimum absolute atomic E-state index is 0.329. The van der Waals surface area contributed by atoms with Crippen molar-refractivity contribution in [3.8, 4) is 0 Å². The second-order valence-corrected chi connectivity index (χ2v) is 4.74. The molecule has 0 unspecified atom stereocenters. The van der Waals surface area contributed by atoms with Crippen LogP contribution in [0.15, 0.2) is 0 Å². The van der Waals surface area contributed by atoms with Gasteiger partial charge in [-0.2, -0.15) is 0 Å². The molecule has 1 fully saturated rings. The molecule has 3 nitrogen and oxygen atoms in total. The van der Waals surface area contributed by atoms with Gasteiger partial charge < -0.3 is 11.1 Å². The zero-order valence-electron chi connectivity index (χ0n) is 8.27. The summed E-state index contributed by atoms with van der Waals surface area (Å²) in [5.74, 6) is 0.553. The van der Waals surface area contributed by atoms with Crippen molar-refractivity contribution in [3.05, 3.63) is 0 Å². The third-order valence-corrected chi connectivity index (χ3v) is 3.80. The van der Waals surface area contributed by atoms with E-state index in [0.717, 1.165) is 0 Å². The van der Waals surface area contributed by atoms with Crippen LogP contribution < -0.4 is 11.1 Å². The van der Waals surface area contributed by atoms with Crippen LogP contribution in [0.25, 0.3) is 0 Å². The van der Waals surface area contributed by atoms with Crippen molar-refractivity contribution in [2.24, 2.45) is 22.5 Å². The van der Waals surface area contributed by atoms with E-state index in [-0.39, 0.29) is 0 Å². The molecule has 0 atom stereocenters. The average Bonchev–Trinajstić information content (AvgIpc) is 2.21. The molecule has 0 bridgehead atoms. The van der Waals surface area contributed by atoms with Gasteiger partial charge in [-0.25, -0.2) is 4.79 Å². The number of carbonyl (C=O) groups is 1. The first-order chi connectivity index (χ1) is 5.30. The van der Waals surface area contributed by atoms with Crippen molar-refractivity contribution in [1.82, 2.24) is 5.32 Å². The molecule has 0 spiro atoms. The quantitative estimate of drug-likeness (QED) is 0.645. The smallest absolute Gasteiger partial charge is 0.312 e. The van der Waals surface area contributed by atoms with Crippen molar-refractivity contribution in [3.63, 3.8) is 0 Å². The maximum atomic E-state index is 10.5. The van der Waals surface area contributed by atoms with Crippen LogP contribution in [0.5, 0.6) is 0 Å². The van der Waals surface area contributed by atoms with Gasteiger partial charge in [0.1, 0.15) is 0 Å². The molecule has 1 saturated carbocycles. The number of urea groups is 1. The molecule has 12 heavy (non-hydrogen) atoms. The van der Waals surface area contributed by atoms with E-state index in [1.165, 1.54) is 0 Å². The Hall–Kier alpha value is -0.730. The van der Waals surface area contributed by atoms with Crippen LogP contribution in [0.3, 0.4) is 0 Å². The molecule has 0 saturated heterocycles. The Labute approximate surface area is 73.7 Å². The monoisotopic (exact) mass is 170 g/mol. The van der Waals surface area contributed by atoms with Crippen LogP contribution in [0, 0.1) is 16.7 Å². The van der Waals surface area contributed by atoms with E-state index in [1.54, 1.807) is 0 Å². The molecule has 0 aromatic heterocycles. The van der Waals surface area contributed by atoms with Crippen LogP contribution >= 0.6 is 0 Å². The zero-order chi connectivity index (χ0) is 9.57. The highest BCUT2D eigenvalue weighted by atomic mass is 16.2. The standard InChI is InChI=1S/C9H18N2O/c1-8(2)6(9(8,3)4)5-11-7(10)12/h6H,5H2,1-4H3,(H3,10,11,12). The van der Waals surface area contributed by atoms with Gasteiger partial charge in [0.2, 0.25) is 0 Å². The Bertz CT molecular complexity index is 195. The third kappa shape index (κ3) is 1.17. The molecule has 0 aromatic carbocycles. The highest BCUT2D eigenvalue weighted by Crippen LogP contribution is 2.67. The topological polar surface area (TPSA) is 55.1 Å². The van der Waals surface area contributed by atoms with Gasteiger partial charge in [0.25, 0.3) is 0 Å². The summed E-state index contributed by atoms with van der Waals surface area (Å²) in [7, 11) is 0. The van der Waals surface area contributed by atoms with Gasteiger partial charge in [0.05, 0.1) is 0 Å². The average molecular weight is 170 g/mol. The maximum absolute atomic E-state index is 10.5. The fourth-order valence-electron chi connectivity index (χ4n) is 2.05. The molecule has 0 heterocycles. The fraction of sp³-hybridized carbons (Fsp3) is 0.889. The third-order valence-electron chi connectivity index (χ3n) is 3.80. The summed E-state index contributed by atoms with van der Waals surface area (Å²) in [5.41, 5.74) is 5.65. The van der Waals surface area contributed by atoms with Gasteiger partial charge in [-0.05, 0) is 16.7 Å². The number of hydrogen-bond acceptors (Lipinski definition) is 1. The molecule has 2 amide bonds. The van der Waals surface area contributed by atoms with Crippen LogP contribution in [0.2, 0.25) is 0 Å². The van der Waals surface area contributed by atoms with E-state index in [9.17, 15) is 4.79 Å². The largest absolute Gasteiger partial charge is 0.352 e. The highest BCUT2D eigenvalue weighted by Gasteiger charge is 2.64. The maximum Gasteiger partial charge on any atom is 0.312 e. The Morgan fingerprint density at radius 3 is 2.00 bits per heavy atom. The number of nitrogens with two attached hydrogens (primary N) is 1. The van der Waals surface area contributed by atoms with Crippen molar-refractivity contribution < 1.29 is 4.79 Å². The minimum atomic E-state index is -0.423.